The molecule has 0 amide bonds. The molecule has 0 aliphatic rings. The van der Waals surface area contributed by atoms with Crippen LogP contribution < -0.4 is 10.2 Å². The van der Waals surface area contributed by atoms with Crippen molar-refractivity contribution in [3.8, 4) is 0 Å². The van der Waals surface area contributed by atoms with E-state index in [4.69, 9.17) is 0 Å². The smallest absolute Gasteiger partial charge is 0.334 e. The van der Waals surface area contributed by atoms with Gasteiger partial charge in [0.15, 0.2) is 5.78 Å². The fourth-order valence-corrected chi connectivity index (χ4v) is 3.32. The van der Waals surface area contributed by atoms with Crippen LogP contribution in [0.1, 0.15) is 22.8 Å². The lowest BCUT2D eigenvalue weighted by Gasteiger charge is -2.23. The lowest BCUT2D eigenvalue weighted by atomic mass is 10.1. The number of hydrogen-bond donors (Lipinski definition) is 1. The molecule has 0 atom stereocenters. The van der Waals surface area contributed by atoms with Crippen LogP contribution >= 0.6 is 0 Å². The molecule has 2 heterocycles. The third-order valence-electron chi connectivity index (χ3n) is 4.88. The van der Waals surface area contributed by atoms with Gasteiger partial charge in [0.2, 0.25) is 11.6 Å². The van der Waals surface area contributed by atoms with Crippen LogP contribution in [-0.4, -0.2) is 25.7 Å². The van der Waals surface area contributed by atoms with Crippen molar-refractivity contribution in [3.63, 3.8) is 0 Å². The van der Waals surface area contributed by atoms with Crippen LogP contribution in [0, 0.1) is 10.1 Å². The number of hydrogen-bond acceptors (Lipinski definition) is 8. The van der Waals surface area contributed by atoms with E-state index in [2.05, 4.69) is 20.3 Å². The molecule has 2 aromatic heterocycles. The van der Waals surface area contributed by atoms with E-state index in [1.165, 1.54) is 13.3 Å². The molecule has 33 heavy (non-hydrogen) atoms. The lowest BCUT2D eigenvalue weighted by Crippen LogP contribution is -2.21. The van der Waals surface area contributed by atoms with Gasteiger partial charge < -0.3 is 10.2 Å². The second-order valence-corrected chi connectivity index (χ2v) is 7.17. The van der Waals surface area contributed by atoms with Gasteiger partial charge in [-0.15, -0.1) is 0 Å². The van der Waals surface area contributed by atoms with Gasteiger partial charge in [-0.05, 0) is 36.8 Å². The summed E-state index contributed by atoms with van der Waals surface area (Å²) in [5.74, 6) is 0.510. The Morgan fingerprint density at radius 2 is 1.79 bits per heavy atom. The van der Waals surface area contributed by atoms with E-state index in [1.54, 1.807) is 53.6 Å². The van der Waals surface area contributed by atoms with Gasteiger partial charge in [0, 0.05) is 17.4 Å². The third-order valence-corrected chi connectivity index (χ3v) is 4.88. The molecule has 0 fully saturated rings. The fourth-order valence-electron chi connectivity index (χ4n) is 3.32. The number of nitro groups is 1. The monoisotopic (exact) mass is 440 g/mol. The van der Waals surface area contributed by atoms with Crippen LogP contribution in [0.4, 0.5) is 28.8 Å². The zero-order valence-corrected chi connectivity index (χ0v) is 17.8. The number of carbonyl (C=O) groups excluding carboxylic acids is 1. The number of anilines is 4. The minimum Gasteiger partial charge on any atom is -0.334 e. The molecular formula is C24H20N6O3. The third kappa shape index (κ3) is 4.99. The number of nitrogens with one attached hydrogen (secondary N) is 1. The van der Waals surface area contributed by atoms with Gasteiger partial charge in [-0.25, -0.2) is 15.0 Å². The summed E-state index contributed by atoms with van der Waals surface area (Å²) in [7, 11) is 0. The topological polar surface area (TPSA) is 114 Å². The van der Waals surface area contributed by atoms with Crippen molar-refractivity contribution in [1.29, 1.82) is 0 Å². The van der Waals surface area contributed by atoms with Crippen LogP contribution in [0.2, 0.25) is 0 Å². The lowest BCUT2D eigenvalue weighted by molar-refractivity contribution is -0.383. The molecule has 0 saturated heterocycles. The minimum absolute atomic E-state index is 0.0136. The van der Waals surface area contributed by atoms with Gasteiger partial charge in [0.05, 0.1) is 11.5 Å². The molecule has 0 radical (unpaired) electrons. The Labute approximate surface area is 189 Å². The van der Waals surface area contributed by atoms with E-state index in [0.29, 0.717) is 23.6 Å². The highest BCUT2D eigenvalue weighted by Crippen LogP contribution is 2.37. The molecule has 0 bridgehead atoms. The number of nitrogens with zero attached hydrogens (tertiary/aromatic N) is 5. The second-order valence-electron chi connectivity index (χ2n) is 7.17. The van der Waals surface area contributed by atoms with Crippen LogP contribution in [0.25, 0.3) is 0 Å². The predicted octanol–water partition coefficient (Wildman–Crippen LogP) is 5.06. The zero-order valence-electron chi connectivity index (χ0n) is 17.8. The first-order valence-corrected chi connectivity index (χ1v) is 10.1. The standard InChI is InChI=1S/C24H20N6O3/c1-17(31)19-10-7-11-20(14-19)28-23-22(30(32)33)24(27-16-26-23)29(21-12-5-6-13-25-21)15-18-8-3-2-4-9-18/h2-14,16H,15H2,1H3,(H,26,27,28). The van der Waals surface area contributed by atoms with Crippen molar-refractivity contribution in [1.82, 2.24) is 15.0 Å². The van der Waals surface area contributed by atoms with Gasteiger partial charge in [-0.1, -0.05) is 48.5 Å². The highest BCUT2D eigenvalue weighted by Gasteiger charge is 2.29. The number of pyridine rings is 1. The van der Waals surface area contributed by atoms with Crippen LogP contribution in [0.3, 0.4) is 0 Å². The maximum Gasteiger partial charge on any atom is 0.354 e. The largest absolute Gasteiger partial charge is 0.354 e. The summed E-state index contributed by atoms with van der Waals surface area (Å²) >= 11 is 0. The molecule has 4 aromatic rings. The first kappa shape index (κ1) is 21.6. The SMILES string of the molecule is CC(=O)c1cccc(Nc2ncnc(N(Cc3ccccc3)c3ccccn3)c2[N+](=O)[O-])c1. The summed E-state index contributed by atoms with van der Waals surface area (Å²) < 4.78 is 0. The van der Waals surface area contributed by atoms with Crippen LogP contribution in [-0.2, 0) is 6.54 Å². The van der Waals surface area contributed by atoms with Crippen molar-refractivity contribution in [2.45, 2.75) is 13.5 Å². The van der Waals surface area contributed by atoms with E-state index in [1.807, 2.05) is 30.3 Å². The molecule has 4 rings (SSSR count). The van der Waals surface area contributed by atoms with Crippen LogP contribution in [0.15, 0.2) is 85.3 Å². The molecule has 0 saturated carbocycles. The number of benzene rings is 2. The van der Waals surface area contributed by atoms with E-state index in [-0.39, 0.29) is 23.1 Å². The molecule has 9 nitrogen and oxygen atoms in total. The van der Waals surface area contributed by atoms with Gasteiger partial charge in [0.1, 0.15) is 12.1 Å². The maximum atomic E-state index is 12.2. The summed E-state index contributed by atoms with van der Waals surface area (Å²) in [5, 5.41) is 15.1. The Bertz CT molecular complexity index is 1280. The first-order valence-electron chi connectivity index (χ1n) is 10.1. The average Bonchev–Trinajstić information content (AvgIpc) is 2.83. The van der Waals surface area contributed by atoms with E-state index in [9.17, 15) is 14.9 Å². The van der Waals surface area contributed by atoms with Gasteiger partial charge in [-0.2, -0.15) is 0 Å². The molecule has 164 valence electrons. The maximum absolute atomic E-state index is 12.2. The van der Waals surface area contributed by atoms with E-state index in [0.717, 1.165) is 5.56 Å². The molecule has 0 spiro atoms. The Morgan fingerprint density at radius 1 is 1.00 bits per heavy atom. The van der Waals surface area contributed by atoms with Gasteiger partial charge in [-0.3, -0.25) is 14.9 Å². The molecule has 0 aliphatic carbocycles. The normalized spacial score (nSPS) is 10.5. The number of ketones is 1. The average molecular weight is 440 g/mol. The Morgan fingerprint density at radius 3 is 2.48 bits per heavy atom. The Kier molecular flexibility index (Phi) is 6.31. The van der Waals surface area contributed by atoms with E-state index >= 15 is 0 Å². The molecule has 2 aromatic carbocycles. The molecule has 0 unspecified atom stereocenters. The van der Waals surface area contributed by atoms with Crippen molar-refractivity contribution >= 4 is 34.6 Å². The molecule has 0 aliphatic heterocycles. The number of carbonyl (C=O) groups is 1. The van der Waals surface area contributed by atoms with Gasteiger partial charge >= 0.3 is 5.69 Å². The highest BCUT2D eigenvalue weighted by molar-refractivity contribution is 5.95. The van der Waals surface area contributed by atoms with Crippen molar-refractivity contribution in [2.75, 3.05) is 10.2 Å². The Balaban J connectivity index is 1.80. The first-order chi connectivity index (χ1) is 16.0. The van der Waals surface area contributed by atoms with Crippen molar-refractivity contribution < 1.29 is 9.72 Å². The zero-order chi connectivity index (χ0) is 23.2. The fraction of sp³-hybridized carbons (Fsp3) is 0.0833. The molecule has 1 N–H and O–H groups in total. The van der Waals surface area contributed by atoms with Crippen molar-refractivity contribution in [3.05, 3.63) is 107 Å². The highest BCUT2D eigenvalue weighted by atomic mass is 16.6. The van der Waals surface area contributed by atoms with E-state index < -0.39 is 4.92 Å². The Hall–Kier alpha value is -4.66. The van der Waals surface area contributed by atoms with Crippen molar-refractivity contribution in [2.24, 2.45) is 0 Å². The number of Topliss-reactive ketones (excluding diaryl/α,β-unsaturated/α-hetero) is 1. The number of rotatable bonds is 8. The van der Waals surface area contributed by atoms with Crippen LogP contribution in [0.5, 0.6) is 0 Å². The summed E-state index contributed by atoms with van der Waals surface area (Å²) in [6.45, 7) is 1.77. The molecular weight excluding hydrogens is 420 g/mol. The summed E-state index contributed by atoms with van der Waals surface area (Å²) in [6, 6.07) is 21.6. The summed E-state index contributed by atoms with van der Waals surface area (Å²) in [4.78, 5) is 37.8. The second kappa shape index (κ2) is 9.65. The van der Waals surface area contributed by atoms with Gasteiger partial charge in [0.25, 0.3) is 0 Å². The number of aromatic nitrogens is 3. The predicted molar refractivity (Wildman–Crippen MR) is 125 cm³/mol. The quantitative estimate of drug-likeness (QED) is 0.230. The summed E-state index contributed by atoms with van der Waals surface area (Å²) in [5.41, 5.74) is 1.62. The summed E-state index contributed by atoms with van der Waals surface area (Å²) in [6.07, 6.45) is 2.88. The minimum atomic E-state index is -0.520. The molecule has 9 heteroatoms.